The van der Waals surface area contributed by atoms with Crippen LogP contribution in [0, 0.1) is 13.8 Å². The molecule has 0 saturated heterocycles. The van der Waals surface area contributed by atoms with E-state index >= 15 is 0 Å². The predicted molar refractivity (Wildman–Crippen MR) is 95.5 cm³/mol. The summed E-state index contributed by atoms with van der Waals surface area (Å²) in [5.74, 6) is -0.936. The van der Waals surface area contributed by atoms with E-state index in [0.29, 0.717) is 17.0 Å². The van der Waals surface area contributed by atoms with Gasteiger partial charge in [-0.25, -0.2) is 9.48 Å². The second kappa shape index (κ2) is 6.83. The molecule has 2 aromatic heterocycles. The number of aryl methyl sites for hydroxylation is 2. The number of hydrogen-bond donors (Lipinski definition) is 1. The fraction of sp³-hybridized carbons (Fsp3) is 0.222. The van der Waals surface area contributed by atoms with Crippen molar-refractivity contribution in [3.8, 4) is 5.69 Å². The molecular weight excluding hydrogens is 334 g/mol. The van der Waals surface area contributed by atoms with E-state index in [4.69, 9.17) is 4.74 Å². The van der Waals surface area contributed by atoms with Crippen molar-refractivity contribution in [2.24, 2.45) is 7.05 Å². The van der Waals surface area contributed by atoms with E-state index in [1.54, 1.807) is 18.7 Å². The molecule has 1 N–H and O–H groups in total. The number of nitrogens with zero attached hydrogens (tertiary/aromatic N) is 4. The molecular formula is C18H19N5O3. The Balaban J connectivity index is 1.95. The second-order valence-electron chi connectivity index (χ2n) is 5.77. The number of para-hydroxylation sites is 1. The maximum Gasteiger partial charge on any atom is 0.358 e. The molecule has 0 spiro atoms. The molecule has 3 rings (SSSR count). The molecule has 0 unspecified atom stereocenters. The van der Waals surface area contributed by atoms with E-state index in [2.05, 4.69) is 15.5 Å². The van der Waals surface area contributed by atoms with Crippen LogP contribution in [0.3, 0.4) is 0 Å². The third-order valence-corrected chi connectivity index (χ3v) is 4.08. The minimum atomic E-state index is -0.575. The molecule has 0 aliphatic rings. The Labute approximate surface area is 150 Å². The number of aromatic nitrogens is 4. The van der Waals surface area contributed by atoms with Crippen molar-refractivity contribution in [3.63, 3.8) is 0 Å². The average molecular weight is 353 g/mol. The molecule has 8 heteroatoms. The van der Waals surface area contributed by atoms with Crippen molar-refractivity contribution in [2.45, 2.75) is 13.8 Å². The Bertz CT molecular complexity index is 972. The van der Waals surface area contributed by atoms with Gasteiger partial charge in [0.05, 0.1) is 41.6 Å². The topological polar surface area (TPSA) is 91.0 Å². The highest BCUT2D eigenvalue weighted by molar-refractivity contribution is 6.08. The Hall–Kier alpha value is -3.42. The summed E-state index contributed by atoms with van der Waals surface area (Å²) in [7, 11) is 2.88. The number of benzene rings is 1. The monoisotopic (exact) mass is 353 g/mol. The Morgan fingerprint density at radius 3 is 2.50 bits per heavy atom. The summed E-state index contributed by atoms with van der Waals surface area (Å²) in [5, 5.41) is 11.2. The summed E-state index contributed by atoms with van der Waals surface area (Å²) >= 11 is 0. The van der Waals surface area contributed by atoms with Crippen molar-refractivity contribution >= 4 is 17.6 Å². The van der Waals surface area contributed by atoms with Crippen molar-refractivity contribution in [1.29, 1.82) is 0 Å². The van der Waals surface area contributed by atoms with Crippen LogP contribution < -0.4 is 5.32 Å². The number of methoxy groups -OCH3 is 1. The number of ether oxygens (including phenoxy) is 1. The van der Waals surface area contributed by atoms with Gasteiger partial charge in [0.1, 0.15) is 0 Å². The molecule has 0 bridgehead atoms. The number of esters is 1. The lowest BCUT2D eigenvalue weighted by Gasteiger charge is -2.07. The maximum atomic E-state index is 12.8. The van der Waals surface area contributed by atoms with Crippen molar-refractivity contribution in [1.82, 2.24) is 19.6 Å². The smallest absolute Gasteiger partial charge is 0.358 e. The van der Waals surface area contributed by atoms with E-state index in [-0.39, 0.29) is 17.3 Å². The number of rotatable bonds is 4. The first-order chi connectivity index (χ1) is 12.4. The van der Waals surface area contributed by atoms with Gasteiger partial charge in [-0.3, -0.25) is 9.48 Å². The van der Waals surface area contributed by atoms with E-state index in [1.165, 1.54) is 18.0 Å². The van der Waals surface area contributed by atoms with Gasteiger partial charge in [0.2, 0.25) is 0 Å². The lowest BCUT2D eigenvalue weighted by Crippen LogP contribution is -2.17. The minimum Gasteiger partial charge on any atom is -0.464 e. The highest BCUT2D eigenvalue weighted by Crippen LogP contribution is 2.21. The fourth-order valence-corrected chi connectivity index (χ4v) is 2.84. The van der Waals surface area contributed by atoms with Gasteiger partial charge in [-0.15, -0.1) is 0 Å². The van der Waals surface area contributed by atoms with Gasteiger partial charge in [0, 0.05) is 7.05 Å². The number of carbonyl (C=O) groups excluding carboxylic acids is 2. The van der Waals surface area contributed by atoms with Crippen LogP contribution in [0.25, 0.3) is 5.69 Å². The zero-order chi connectivity index (χ0) is 18.8. The Morgan fingerprint density at radius 2 is 1.85 bits per heavy atom. The van der Waals surface area contributed by atoms with Gasteiger partial charge < -0.3 is 10.1 Å². The lowest BCUT2D eigenvalue weighted by atomic mass is 10.1. The standard InChI is InChI=1S/C18H19N5O3/c1-11-15(12(2)23(21-11)13-8-6-5-7-9-13)17(24)20-14-10-19-22(3)16(14)18(25)26-4/h5-10H,1-4H3,(H,20,24). The summed E-state index contributed by atoms with van der Waals surface area (Å²) in [6, 6.07) is 9.56. The highest BCUT2D eigenvalue weighted by Gasteiger charge is 2.23. The first-order valence-electron chi connectivity index (χ1n) is 7.97. The zero-order valence-electron chi connectivity index (χ0n) is 15.0. The molecule has 1 aromatic carbocycles. The summed E-state index contributed by atoms with van der Waals surface area (Å²) in [6.07, 6.45) is 1.41. The van der Waals surface area contributed by atoms with Crippen LogP contribution in [0.15, 0.2) is 36.5 Å². The highest BCUT2D eigenvalue weighted by atomic mass is 16.5. The van der Waals surface area contributed by atoms with Crippen LogP contribution in [0.5, 0.6) is 0 Å². The first kappa shape index (κ1) is 17.4. The van der Waals surface area contributed by atoms with Gasteiger partial charge in [-0.1, -0.05) is 18.2 Å². The fourth-order valence-electron chi connectivity index (χ4n) is 2.84. The minimum absolute atomic E-state index is 0.173. The van der Waals surface area contributed by atoms with Gasteiger partial charge in [-0.05, 0) is 26.0 Å². The zero-order valence-corrected chi connectivity index (χ0v) is 15.0. The average Bonchev–Trinajstić information content (AvgIpc) is 3.14. The quantitative estimate of drug-likeness (QED) is 0.727. The van der Waals surface area contributed by atoms with Crippen molar-refractivity contribution in [3.05, 3.63) is 59.2 Å². The SMILES string of the molecule is COC(=O)c1c(NC(=O)c2c(C)nn(-c3ccccc3)c2C)cnn1C. The van der Waals surface area contributed by atoms with Crippen LogP contribution in [-0.2, 0) is 11.8 Å². The van der Waals surface area contributed by atoms with E-state index in [9.17, 15) is 9.59 Å². The molecule has 26 heavy (non-hydrogen) atoms. The van der Waals surface area contributed by atoms with Gasteiger partial charge in [0.25, 0.3) is 5.91 Å². The number of carbonyl (C=O) groups is 2. The molecule has 3 aromatic rings. The van der Waals surface area contributed by atoms with Crippen molar-refractivity contribution in [2.75, 3.05) is 12.4 Å². The molecule has 0 atom stereocenters. The summed E-state index contributed by atoms with van der Waals surface area (Å²) in [6.45, 7) is 3.60. The third-order valence-electron chi connectivity index (χ3n) is 4.08. The number of anilines is 1. The maximum absolute atomic E-state index is 12.8. The predicted octanol–water partition coefficient (Wildman–Crippen LogP) is 2.26. The number of amides is 1. The molecule has 1 amide bonds. The first-order valence-corrected chi connectivity index (χ1v) is 7.97. The molecule has 8 nitrogen and oxygen atoms in total. The number of hydrogen-bond acceptors (Lipinski definition) is 5. The Kier molecular flexibility index (Phi) is 4.57. The molecule has 0 aliphatic heterocycles. The van der Waals surface area contributed by atoms with E-state index < -0.39 is 5.97 Å². The van der Waals surface area contributed by atoms with E-state index in [0.717, 1.165) is 5.69 Å². The van der Waals surface area contributed by atoms with Gasteiger partial charge >= 0.3 is 5.97 Å². The van der Waals surface area contributed by atoms with Gasteiger partial charge in [0.15, 0.2) is 5.69 Å². The van der Waals surface area contributed by atoms with Crippen LogP contribution in [0.4, 0.5) is 5.69 Å². The molecule has 0 fully saturated rings. The Morgan fingerprint density at radius 1 is 1.15 bits per heavy atom. The normalized spacial score (nSPS) is 10.6. The van der Waals surface area contributed by atoms with Crippen LogP contribution in [0.2, 0.25) is 0 Å². The summed E-state index contributed by atoms with van der Waals surface area (Å²) in [4.78, 5) is 24.7. The molecule has 0 aliphatic carbocycles. The molecule has 0 radical (unpaired) electrons. The lowest BCUT2D eigenvalue weighted by molar-refractivity contribution is 0.0589. The molecule has 2 heterocycles. The van der Waals surface area contributed by atoms with Gasteiger partial charge in [-0.2, -0.15) is 10.2 Å². The number of nitrogens with one attached hydrogen (secondary N) is 1. The largest absolute Gasteiger partial charge is 0.464 e. The third kappa shape index (κ3) is 2.97. The summed E-state index contributed by atoms with van der Waals surface area (Å²) < 4.78 is 7.82. The van der Waals surface area contributed by atoms with E-state index in [1.807, 2.05) is 37.3 Å². The van der Waals surface area contributed by atoms with Crippen molar-refractivity contribution < 1.29 is 14.3 Å². The molecule has 0 saturated carbocycles. The summed E-state index contributed by atoms with van der Waals surface area (Å²) in [5.41, 5.74) is 3.07. The second-order valence-corrected chi connectivity index (χ2v) is 5.77. The van der Waals surface area contributed by atoms with Crippen LogP contribution >= 0.6 is 0 Å². The molecule has 134 valence electrons. The van der Waals surface area contributed by atoms with Crippen LogP contribution in [0.1, 0.15) is 32.2 Å². The van der Waals surface area contributed by atoms with Crippen LogP contribution in [-0.4, -0.2) is 38.5 Å².